The highest BCUT2D eigenvalue weighted by Gasteiger charge is 2.13. The van der Waals surface area contributed by atoms with Crippen molar-refractivity contribution in [3.63, 3.8) is 0 Å². The van der Waals surface area contributed by atoms with Crippen LogP contribution in [0.3, 0.4) is 0 Å². The van der Waals surface area contributed by atoms with E-state index in [0.717, 1.165) is 11.1 Å². The van der Waals surface area contributed by atoms with Crippen molar-refractivity contribution >= 4 is 12.0 Å². The van der Waals surface area contributed by atoms with E-state index in [9.17, 15) is 4.79 Å². The van der Waals surface area contributed by atoms with Crippen LogP contribution in [-0.4, -0.2) is 37.5 Å². The van der Waals surface area contributed by atoms with Crippen LogP contribution >= 0.6 is 0 Å². The van der Waals surface area contributed by atoms with Gasteiger partial charge in [-0.3, -0.25) is 0 Å². The summed E-state index contributed by atoms with van der Waals surface area (Å²) in [5, 5.41) is 7.90. The van der Waals surface area contributed by atoms with Gasteiger partial charge in [0.1, 0.15) is 0 Å². The number of nitrogens with zero attached hydrogens (tertiary/aromatic N) is 2. The second-order valence-electron chi connectivity index (χ2n) is 6.27. The van der Waals surface area contributed by atoms with Crippen LogP contribution in [0, 0.1) is 6.92 Å². The first-order valence-electron chi connectivity index (χ1n) is 9.08. The van der Waals surface area contributed by atoms with Crippen molar-refractivity contribution < 1.29 is 28.2 Å². The van der Waals surface area contributed by atoms with E-state index in [-0.39, 0.29) is 12.5 Å². The Bertz CT molecular complexity index is 1030. The molecule has 3 aromatic rings. The quantitative estimate of drug-likeness (QED) is 0.409. The van der Waals surface area contributed by atoms with Gasteiger partial charge in [-0.05, 0) is 42.8 Å². The van der Waals surface area contributed by atoms with Crippen LogP contribution in [0.4, 0.5) is 0 Å². The fraction of sp³-hybridized carbons (Fsp3) is 0.227. The van der Waals surface area contributed by atoms with Crippen molar-refractivity contribution in [2.24, 2.45) is 0 Å². The van der Waals surface area contributed by atoms with Crippen molar-refractivity contribution in [2.45, 2.75) is 13.5 Å². The molecule has 0 fully saturated rings. The van der Waals surface area contributed by atoms with Crippen LogP contribution in [-0.2, 0) is 16.1 Å². The number of aryl methyl sites for hydroxylation is 1. The van der Waals surface area contributed by atoms with Gasteiger partial charge in [-0.1, -0.05) is 17.7 Å². The van der Waals surface area contributed by atoms with Gasteiger partial charge >= 0.3 is 5.97 Å². The maximum Gasteiger partial charge on any atom is 0.331 e. The van der Waals surface area contributed by atoms with E-state index in [2.05, 4.69) is 10.2 Å². The molecule has 0 aliphatic heterocycles. The topological polar surface area (TPSA) is 92.9 Å². The summed E-state index contributed by atoms with van der Waals surface area (Å²) in [6.45, 7) is 1.85. The maximum atomic E-state index is 12.1. The molecule has 1 aromatic heterocycles. The van der Waals surface area contributed by atoms with Crippen LogP contribution < -0.4 is 14.2 Å². The maximum absolute atomic E-state index is 12.1. The number of rotatable bonds is 8. The van der Waals surface area contributed by atoms with Gasteiger partial charge in [-0.25, -0.2) is 4.79 Å². The third kappa shape index (κ3) is 4.96. The molecule has 8 heteroatoms. The summed E-state index contributed by atoms with van der Waals surface area (Å²) in [5.41, 5.74) is 2.57. The molecule has 0 unspecified atom stereocenters. The average Bonchev–Trinajstić information content (AvgIpc) is 3.24. The minimum atomic E-state index is -0.556. The lowest BCUT2D eigenvalue weighted by Gasteiger charge is -2.12. The molecule has 0 atom stereocenters. The molecule has 1 heterocycles. The molecule has 0 saturated heterocycles. The molecule has 0 aliphatic rings. The number of hydrogen-bond donors (Lipinski definition) is 0. The summed E-state index contributed by atoms with van der Waals surface area (Å²) >= 11 is 0. The molecular weight excluding hydrogens is 388 g/mol. The Morgan fingerprint density at radius 1 is 1.03 bits per heavy atom. The first-order chi connectivity index (χ1) is 14.5. The SMILES string of the molecule is COc1cc(/C=C/C(=O)OCc2nnc(-c3cccc(C)c3)o2)cc(OC)c1OC. The molecule has 0 amide bonds. The number of methoxy groups -OCH3 is 3. The van der Waals surface area contributed by atoms with Crippen LogP contribution in [0.15, 0.2) is 46.9 Å². The van der Waals surface area contributed by atoms with Crippen molar-refractivity contribution in [3.05, 3.63) is 59.5 Å². The number of esters is 1. The molecule has 0 radical (unpaired) electrons. The molecule has 30 heavy (non-hydrogen) atoms. The van der Waals surface area contributed by atoms with Crippen LogP contribution in [0.5, 0.6) is 17.2 Å². The van der Waals surface area contributed by atoms with Gasteiger partial charge in [0.05, 0.1) is 21.3 Å². The fourth-order valence-corrected chi connectivity index (χ4v) is 2.75. The minimum absolute atomic E-state index is 0.128. The molecule has 0 N–H and O–H groups in total. The standard InChI is InChI=1S/C22H22N2O6/c1-14-6-5-7-16(10-14)22-24-23-19(30-22)13-29-20(25)9-8-15-11-17(26-2)21(28-4)18(12-15)27-3/h5-12H,13H2,1-4H3/b9-8+. The van der Waals surface area contributed by atoms with Gasteiger partial charge in [0.25, 0.3) is 5.89 Å². The van der Waals surface area contributed by atoms with E-state index in [1.54, 1.807) is 18.2 Å². The Labute approximate surface area is 174 Å². The summed E-state index contributed by atoms with van der Waals surface area (Å²) in [5.74, 6) is 1.47. The van der Waals surface area contributed by atoms with Crippen molar-refractivity contribution in [3.8, 4) is 28.7 Å². The third-order valence-electron chi connectivity index (χ3n) is 4.17. The number of benzene rings is 2. The lowest BCUT2D eigenvalue weighted by atomic mass is 10.1. The second kappa shape index (κ2) is 9.60. The smallest absolute Gasteiger partial charge is 0.331 e. The monoisotopic (exact) mass is 410 g/mol. The van der Waals surface area contributed by atoms with Crippen molar-refractivity contribution in [2.75, 3.05) is 21.3 Å². The van der Waals surface area contributed by atoms with Gasteiger partial charge in [0, 0.05) is 11.6 Å². The summed E-state index contributed by atoms with van der Waals surface area (Å²) < 4.78 is 26.6. The summed E-state index contributed by atoms with van der Waals surface area (Å²) in [7, 11) is 4.57. The summed E-state index contributed by atoms with van der Waals surface area (Å²) in [4.78, 5) is 12.1. The highest BCUT2D eigenvalue weighted by atomic mass is 16.5. The first kappa shape index (κ1) is 20.9. The minimum Gasteiger partial charge on any atom is -0.493 e. The molecular formula is C22H22N2O6. The fourth-order valence-electron chi connectivity index (χ4n) is 2.75. The normalized spacial score (nSPS) is 10.8. The largest absolute Gasteiger partial charge is 0.493 e. The van der Waals surface area contributed by atoms with E-state index < -0.39 is 5.97 Å². The average molecular weight is 410 g/mol. The molecule has 0 saturated carbocycles. The molecule has 3 rings (SSSR count). The molecule has 8 nitrogen and oxygen atoms in total. The van der Waals surface area contributed by atoms with Gasteiger partial charge in [0.15, 0.2) is 18.1 Å². The zero-order chi connectivity index (χ0) is 21.5. The molecule has 0 bridgehead atoms. The van der Waals surface area contributed by atoms with Gasteiger partial charge < -0.3 is 23.4 Å². The second-order valence-corrected chi connectivity index (χ2v) is 6.27. The third-order valence-corrected chi connectivity index (χ3v) is 4.17. The number of carbonyl (C=O) groups excluding carboxylic acids is 1. The van der Waals surface area contributed by atoms with E-state index >= 15 is 0 Å². The Balaban J connectivity index is 1.63. The van der Waals surface area contributed by atoms with Crippen LogP contribution in [0.1, 0.15) is 17.0 Å². The highest BCUT2D eigenvalue weighted by molar-refractivity contribution is 5.87. The number of aromatic nitrogens is 2. The Morgan fingerprint density at radius 2 is 1.77 bits per heavy atom. The predicted molar refractivity (Wildman–Crippen MR) is 109 cm³/mol. The van der Waals surface area contributed by atoms with E-state index in [4.69, 9.17) is 23.4 Å². The van der Waals surface area contributed by atoms with Gasteiger partial charge in [0.2, 0.25) is 11.6 Å². The lowest BCUT2D eigenvalue weighted by molar-refractivity contribution is -0.139. The van der Waals surface area contributed by atoms with E-state index in [1.807, 2.05) is 31.2 Å². The zero-order valence-corrected chi connectivity index (χ0v) is 17.2. The van der Waals surface area contributed by atoms with Crippen LogP contribution in [0.2, 0.25) is 0 Å². The summed E-state index contributed by atoms with van der Waals surface area (Å²) in [6, 6.07) is 11.1. The Morgan fingerprint density at radius 3 is 2.40 bits per heavy atom. The Hall–Kier alpha value is -3.81. The predicted octanol–water partition coefficient (Wildman–Crippen LogP) is 3.83. The number of carbonyl (C=O) groups is 1. The Kier molecular flexibility index (Phi) is 6.69. The number of ether oxygens (including phenoxy) is 4. The van der Waals surface area contributed by atoms with Crippen LogP contribution in [0.25, 0.3) is 17.5 Å². The van der Waals surface area contributed by atoms with Gasteiger partial charge in [-0.2, -0.15) is 0 Å². The molecule has 0 aliphatic carbocycles. The number of hydrogen-bond acceptors (Lipinski definition) is 8. The zero-order valence-electron chi connectivity index (χ0n) is 17.2. The molecule has 156 valence electrons. The van der Waals surface area contributed by atoms with E-state index in [1.165, 1.54) is 27.4 Å². The molecule has 2 aromatic carbocycles. The first-order valence-corrected chi connectivity index (χ1v) is 9.08. The summed E-state index contributed by atoms with van der Waals surface area (Å²) in [6.07, 6.45) is 2.87. The molecule has 0 spiro atoms. The lowest BCUT2D eigenvalue weighted by Crippen LogP contribution is -2.01. The van der Waals surface area contributed by atoms with Crippen molar-refractivity contribution in [1.29, 1.82) is 0 Å². The highest BCUT2D eigenvalue weighted by Crippen LogP contribution is 2.38. The van der Waals surface area contributed by atoms with Crippen molar-refractivity contribution in [1.82, 2.24) is 10.2 Å². The van der Waals surface area contributed by atoms with E-state index in [0.29, 0.717) is 28.7 Å². The van der Waals surface area contributed by atoms with Gasteiger partial charge in [-0.15, -0.1) is 10.2 Å².